The highest BCUT2D eigenvalue weighted by Gasteiger charge is 2.26. The quantitative estimate of drug-likeness (QED) is 0.218. The average molecular weight is 492 g/mol. The first kappa shape index (κ1) is 22.8. The van der Waals surface area contributed by atoms with Crippen molar-refractivity contribution in [2.45, 2.75) is 24.5 Å². The Labute approximate surface area is 206 Å². The van der Waals surface area contributed by atoms with Crippen LogP contribution in [-0.4, -0.2) is 46.4 Å². The second kappa shape index (κ2) is 10.1. The van der Waals surface area contributed by atoms with Crippen LogP contribution in [-0.2, 0) is 28.9 Å². The molecule has 0 radical (unpaired) electrons. The van der Waals surface area contributed by atoms with Gasteiger partial charge >= 0.3 is 5.97 Å². The molecule has 2 aromatic carbocycles. The number of thioether (sulfide) groups is 1. The van der Waals surface area contributed by atoms with Crippen molar-refractivity contribution in [1.82, 2.24) is 14.5 Å². The van der Waals surface area contributed by atoms with Gasteiger partial charge in [-0.1, -0.05) is 60.3 Å². The minimum absolute atomic E-state index is 0.0706. The van der Waals surface area contributed by atoms with Crippen molar-refractivity contribution in [3.8, 4) is 5.69 Å². The van der Waals surface area contributed by atoms with Gasteiger partial charge in [0.2, 0.25) is 0 Å². The number of rotatable bonds is 7. The number of aromatic nitrogens is 2. The molecule has 0 spiro atoms. The van der Waals surface area contributed by atoms with Crippen LogP contribution in [0, 0.1) is 0 Å². The molecule has 8 heteroatoms. The molecule has 0 aliphatic carbocycles. The maximum absolute atomic E-state index is 13.8. The molecule has 2 aromatic heterocycles. The molecule has 0 atom stereocenters. The Morgan fingerprint density at radius 2 is 1.85 bits per heavy atom. The lowest BCUT2D eigenvalue weighted by atomic mass is 10.0. The van der Waals surface area contributed by atoms with Crippen molar-refractivity contribution in [3.63, 3.8) is 0 Å². The van der Waals surface area contributed by atoms with Crippen molar-refractivity contribution in [1.29, 1.82) is 0 Å². The van der Waals surface area contributed by atoms with Crippen LogP contribution in [0.5, 0.6) is 0 Å². The lowest BCUT2D eigenvalue weighted by Crippen LogP contribution is -2.32. The minimum atomic E-state index is -0.349. The first-order chi connectivity index (χ1) is 16.6. The lowest BCUT2D eigenvalue weighted by molar-refractivity contribution is -0.137. The number of carbonyl (C=O) groups excluding carboxylic acids is 1. The standard InChI is InChI=1S/C26H25N3O3S2/c1-32-22(30)17-33-26-27-24-23(25(31)29(26)19-10-6-3-7-11-19)20-13-15-28(16-21(20)34-24)14-12-18-8-4-2-5-9-18/h2-11H,12-17H2,1H3. The average Bonchev–Trinajstić information content (AvgIpc) is 3.25. The number of nitrogens with zero attached hydrogens (tertiary/aromatic N) is 3. The van der Waals surface area contributed by atoms with Crippen molar-refractivity contribution in [3.05, 3.63) is 87.0 Å². The Hall–Kier alpha value is -2.94. The van der Waals surface area contributed by atoms with E-state index >= 15 is 0 Å². The normalized spacial score (nSPS) is 13.7. The van der Waals surface area contributed by atoms with Gasteiger partial charge in [0.25, 0.3) is 5.56 Å². The van der Waals surface area contributed by atoms with Crippen molar-refractivity contribution < 1.29 is 9.53 Å². The molecule has 0 N–H and O–H groups in total. The zero-order valence-electron chi connectivity index (χ0n) is 18.9. The highest BCUT2D eigenvalue weighted by atomic mass is 32.2. The number of esters is 1. The third-order valence-corrected chi connectivity index (χ3v) is 8.07. The highest BCUT2D eigenvalue weighted by molar-refractivity contribution is 7.99. The van der Waals surface area contributed by atoms with E-state index in [0.717, 1.165) is 48.6 Å². The van der Waals surface area contributed by atoms with Gasteiger partial charge in [-0.25, -0.2) is 4.98 Å². The Kier molecular flexibility index (Phi) is 6.80. The van der Waals surface area contributed by atoms with Crippen molar-refractivity contribution in [2.24, 2.45) is 0 Å². The fraction of sp³-hybridized carbons (Fsp3) is 0.269. The first-order valence-corrected chi connectivity index (χ1v) is 13.0. The molecule has 34 heavy (non-hydrogen) atoms. The second-order valence-electron chi connectivity index (χ2n) is 8.18. The van der Waals surface area contributed by atoms with Crippen LogP contribution in [0.3, 0.4) is 0 Å². The van der Waals surface area contributed by atoms with Gasteiger partial charge < -0.3 is 4.74 Å². The summed E-state index contributed by atoms with van der Waals surface area (Å²) in [6.45, 7) is 2.74. The molecular weight excluding hydrogens is 466 g/mol. The molecule has 0 saturated carbocycles. The largest absolute Gasteiger partial charge is 0.468 e. The molecule has 4 aromatic rings. The summed E-state index contributed by atoms with van der Waals surface area (Å²) >= 11 is 2.83. The summed E-state index contributed by atoms with van der Waals surface area (Å²) in [7, 11) is 1.36. The van der Waals surface area contributed by atoms with Gasteiger partial charge in [0.05, 0.1) is 23.9 Å². The Bertz CT molecular complexity index is 1370. The van der Waals surface area contributed by atoms with E-state index in [1.165, 1.54) is 29.3 Å². The molecule has 0 fully saturated rings. The number of methoxy groups -OCH3 is 1. The summed E-state index contributed by atoms with van der Waals surface area (Å²) in [5.41, 5.74) is 3.14. The highest BCUT2D eigenvalue weighted by Crippen LogP contribution is 2.34. The summed E-state index contributed by atoms with van der Waals surface area (Å²) < 4.78 is 6.42. The van der Waals surface area contributed by atoms with E-state index in [9.17, 15) is 9.59 Å². The SMILES string of the molecule is COC(=O)CSc1nc2sc3c(c2c(=O)n1-c1ccccc1)CCN(CCc1ccccc1)C3. The van der Waals surface area contributed by atoms with E-state index in [-0.39, 0.29) is 17.3 Å². The van der Waals surface area contributed by atoms with Crippen LogP contribution >= 0.6 is 23.1 Å². The van der Waals surface area contributed by atoms with Crippen LogP contribution in [0.2, 0.25) is 0 Å². The molecule has 1 aliphatic rings. The van der Waals surface area contributed by atoms with Crippen LogP contribution in [0.4, 0.5) is 0 Å². The van der Waals surface area contributed by atoms with E-state index in [0.29, 0.717) is 10.5 Å². The third kappa shape index (κ3) is 4.66. The number of hydrogen-bond donors (Lipinski definition) is 0. The maximum atomic E-state index is 13.8. The summed E-state index contributed by atoms with van der Waals surface area (Å²) in [6.07, 6.45) is 1.85. The van der Waals surface area contributed by atoms with Crippen LogP contribution in [0.1, 0.15) is 16.0 Å². The fourth-order valence-corrected chi connectivity index (χ4v) is 6.43. The van der Waals surface area contributed by atoms with Gasteiger partial charge in [0, 0.05) is 24.5 Å². The van der Waals surface area contributed by atoms with Crippen LogP contribution < -0.4 is 5.56 Å². The number of hydrogen-bond acceptors (Lipinski definition) is 7. The van der Waals surface area contributed by atoms with E-state index in [2.05, 4.69) is 29.2 Å². The predicted octanol–water partition coefficient (Wildman–Crippen LogP) is 4.31. The van der Waals surface area contributed by atoms with Gasteiger partial charge in [-0.3, -0.25) is 19.1 Å². The first-order valence-electron chi connectivity index (χ1n) is 11.2. The molecule has 0 bridgehead atoms. The minimum Gasteiger partial charge on any atom is -0.468 e. The summed E-state index contributed by atoms with van der Waals surface area (Å²) in [6, 6.07) is 20.0. The number of para-hydroxylation sites is 1. The molecule has 3 heterocycles. The fourth-order valence-electron chi connectivity index (χ4n) is 4.28. The summed E-state index contributed by atoms with van der Waals surface area (Å²) in [5.74, 6) is -0.252. The van der Waals surface area contributed by atoms with E-state index in [1.54, 1.807) is 15.9 Å². The van der Waals surface area contributed by atoms with Gasteiger partial charge in [-0.05, 0) is 36.1 Å². The Balaban J connectivity index is 1.49. The molecule has 5 rings (SSSR count). The third-order valence-electron chi connectivity index (χ3n) is 6.04. The van der Waals surface area contributed by atoms with Gasteiger partial charge in [0.1, 0.15) is 4.83 Å². The van der Waals surface area contributed by atoms with Gasteiger partial charge in [0.15, 0.2) is 5.16 Å². The van der Waals surface area contributed by atoms with E-state index in [1.807, 2.05) is 36.4 Å². The summed E-state index contributed by atoms with van der Waals surface area (Å²) in [5, 5.41) is 1.22. The monoisotopic (exact) mass is 491 g/mol. The Morgan fingerprint density at radius 3 is 2.59 bits per heavy atom. The zero-order chi connectivity index (χ0) is 23.5. The molecule has 0 saturated heterocycles. The number of ether oxygens (including phenoxy) is 1. The van der Waals surface area contributed by atoms with Gasteiger partial charge in [-0.15, -0.1) is 11.3 Å². The molecule has 6 nitrogen and oxygen atoms in total. The predicted molar refractivity (Wildman–Crippen MR) is 137 cm³/mol. The summed E-state index contributed by atoms with van der Waals surface area (Å²) in [4.78, 5) is 34.8. The molecule has 1 aliphatic heterocycles. The van der Waals surface area contributed by atoms with Crippen molar-refractivity contribution in [2.75, 3.05) is 26.0 Å². The topological polar surface area (TPSA) is 64.4 Å². The van der Waals surface area contributed by atoms with Gasteiger partial charge in [-0.2, -0.15) is 0 Å². The molecule has 174 valence electrons. The van der Waals surface area contributed by atoms with E-state index in [4.69, 9.17) is 9.72 Å². The second-order valence-corrected chi connectivity index (χ2v) is 10.2. The smallest absolute Gasteiger partial charge is 0.316 e. The number of carbonyl (C=O) groups is 1. The molecule has 0 unspecified atom stereocenters. The van der Waals surface area contributed by atoms with Crippen LogP contribution in [0.25, 0.3) is 15.9 Å². The molecular formula is C26H25N3O3S2. The zero-order valence-corrected chi connectivity index (χ0v) is 20.5. The van der Waals surface area contributed by atoms with Crippen molar-refractivity contribution >= 4 is 39.3 Å². The molecule has 0 amide bonds. The van der Waals surface area contributed by atoms with Crippen LogP contribution in [0.15, 0.2) is 70.6 Å². The number of thiophene rings is 1. The number of benzene rings is 2. The van der Waals surface area contributed by atoms with E-state index < -0.39 is 0 Å². The lowest BCUT2D eigenvalue weighted by Gasteiger charge is -2.26. The Morgan fingerprint density at radius 1 is 1.12 bits per heavy atom. The maximum Gasteiger partial charge on any atom is 0.316 e. The number of fused-ring (bicyclic) bond motifs is 3.